The summed E-state index contributed by atoms with van der Waals surface area (Å²) in [7, 11) is 0. The zero-order chi connectivity index (χ0) is 25.5. The molecule has 1 saturated heterocycles. The maximum atomic E-state index is 12.5. The van der Waals surface area contributed by atoms with Gasteiger partial charge in [-0.15, -0.1) is 0 Å². The zero-order valence-electron chi connectivity index (χ0n) is 19.7. The van der Waals surface area contributed by atoms with E-state index in [1.54, 1.807) is 30.3 Å². The minimum Gasteiger partial charge on any atom is -0.490 e. The summed E-state index contributed by atoms with van der Waals surface area (Å²) >= 11 is 7.73. The van der Waals surface area contributed by atoms with Gasteiger partial charge in [0, 0.05) is 5.69 Å². The summed E-state index contributed by atoms with van der Waals surface area (Å²) < 4.78 is 11.4. The molecule has 0 spiro atoms. The second kappa shape index (κ2) is 11.8. The fourth-order valence-corrected chi connectivity index (χ4v) is 4.41. The number of halogens is 1. The third-order valence-electron chi connectivity index (χ3n) is 4.95. The van der Waals surface area contributed by atoms with Crippen LogP contribution in [-0.4, -0.2) is 30.2 Å². The molecule has 0 unspecified atom stereocenters. The number of para-hydroxylation sites is 1. The van der Waals surface area contributed by atoms with Crippen molar-refractivity contribution >= 4 is 57.8 Å². The highest BCUT2D eigenvalue weighted by Crippen LogP contribution is 2.38. The van der Waals surface area contributed by atoms with Gasteiger partial charge in [0.25, 0.3) is 11.8 Å². The molecule has 0 saturated carbocycles. The largest absolute Gasteiger partial charge is 0.490 e. The molecule has 0 atom stereocenters. The number of nitrogens with zero attached hydrogens (tertiary/aromatic N) is 1. The van der Waals surface area contributed by atoms with Crippen LogP contribution in [0.3, 0.4) is 0 Å². The minimum absolute atomic E-state index is 0.244. The second-order valence-electron chi connectivity index (χ2n) is 7.78. The third kappa shape index (κ3) is 6.68. The van der Waals surface area contributed by atoms with Crippen LogP contribution in [0.2, 0.25) is 5.02 Å². The predicted molar refractivity (Wildman–Crippen MR) is 145 cm³/mol. The van der Waals surface area contributed by atoms with Crippen LogP contribution in [0, 0.1) is 6.92 Å². The van der Waals surface area contributed by atoms with E-state index in [0.29, 0.717) is 33.7 Å². The van der Waals surface area contributed by atoms with Crippen molar-refractivity contribution in [3.8, 4) is 11.5 Å². The number of rotatable bonds is 8. The highest BCUT2D eigenvalue weighted by molar-refractivity contribution is 8.18. The number of carbonyl (C=O) groups excluding carboxylic acids is 2. The van der Waals surface area contributed by atoms with Gasteiger partial charge in [-0.1, -0.05) is 47.5 Å². The zero-order valence-corrected chi connectivity index (χ0v) is 21.3. The maximum Gasteiger partial charge on any atom is 0.264 e. The number of hydrogen-bond donors (Lipinski definition) is 2. The average Bonchev–Trinajstić information content (AvgIpc) is 3.19. The molecule has 3 aromatic rings. The molecule has 7 nitrogen and oxygen atoms in total. The van der Waals surface area contributed by atoms with Gasteiger partial charge in [0.05, 0.1) is 22.2 Å². The Bertz CT molecular complexity index is 1320. The molecule has 9 heteroatoms. The molecule has 1 fully saturated rings. The smallest absolute Gasteiger partial charge is 0.264 e. The van der Waals surface area contributed by atoms with Gasteiger partial charge in [0.15, 0.2) is 23.3 Å². The van der Waals surface area contributed by atoms with E-state index < -0.39 is 0 Å². The number of hydrogen-bond acceptors (Lipinski definition) is 6. The molecule has 0 bridgehead atoms. The first-order valence-corrected chi connectivity index (χ1v) is 12.4. The maximum absolute atomic E-state index is 12.5. The molecule has 184 valence electrons. The highest BCUT2D eigenvalue weighted by atomic mass is 35.5. The van der Waals surface area contributed by atoms with Crippen LogP contribution in [0.5, 0.6) is 11.5 Å². The van der Waals surface area contributed by atoms with E-state index in [0.717, 1.165) is 11.3 Å². The van der Waals surface area contributed by atoms with Gasteiger partial charge in [-0.3, -0.25) is 9.59 Å². The van der Waals surface area contributed by atoms with E-state index in [1.165, 1.54) is 11.8 Å². The first-order valence-electron chi connectivity index (χ1n) is 11.2. The summed E-state index contributed by atoms with van der Waals surface area (Å²) in [6, 6.07) is 20.2. The normalized spacial score (nSPS) is 15.1. The van der Waals surface area contributed by atoms with Crippen molar-refractivity contribution in [2.45, 2.75) is 13.8 Å². The first-order chi connectivity index (χ1) is 17.4. The third-order valence-corrected chi connectivity index (χ3v) is 6.14. The Morgan fingerprint density at radius 2 is 1.86 bits per heavy atom. The van der Waals surface area contributed by atoms with Crippen molar-refractivity contribution in [2.75, 3.05) is 18.5 Å². The number of amides is 2. The van der Waals surface area contributed by atoms with Gasteiger partial charge in [0.2, 0.25) is 0 Å². The number of nitrogens with one attached hydrogen (secondary N) is 2. The van der Waals surface area contributed by atoms with E-state index in [-0.39, 0.29) is 29.2 Å². The number of anilines is 1. The molecule has 36 heavy (non-hydrogen) atoms. The molecule has 0 radical (unpaired) electrons. The Morgan fingerprint density at radius 1 is 1.11 bits per heavy atom. The van der Waals surface area contributed by atoms with Crippen molar-refractivity contribution < 1.29 is 19.1 Å². The summed E-state index contributed by atoms with van der Waals surface area (Å²) in [6.45, 7) is 3.96. The highest BCUT2D eigenvalue weighted by Gasteiger charge is 2.24. The Hall–Kier alpha value is -3.75. The lowest BCUT2D eigenvalue weighted by Crippen LogP contribution is -2.20. The Kier molecular flexibility index (Phi) is 8.30. The quantitative estimate of drug-likeness (QED) is 0.357. The number of thioether (sulfide) groups is 1. The van der Waals surface area contributed by atoms with Crippen LogP contribution < -0.4 is 20.1 Å². The topological polar surface area (TPSA) is 89.0 Å². The Balaban J connectivity index is 1.49. The van der Waals surface area contributed by atoms with Crippen molar-refractivity contribution in [1.82, 2.24) is 5.32 Å². The number of ether oxygens (including phenoxy) is 2. The molecule has 2 amide bonds. The molecule has 0 aliphatic carbocycles. The van der Waals surface area contributed by atoms with Crippen LogP contribution in [0.25, 0.3) is 6.08 Å². The molecule has 1 heterocycles. The average molecular weight is 522 g/mol. The van der Waals surface area contributed by atoms with Crippen LogP contribution in [0.15, 0.2) is 76.6 Å². The van der Waals surface area contributed by atoms with Crippen LogP contribution >= 0.6 is 23.4 Å². The monoisotopic (exact) mass is 521 g/mol. The number of carbonyl (C=O) groups is 2. The first kappa shape index (κ1) is 25.3. The number of aryl methyl sites for hydroxylation is 1. The van der Waals surface area contributed by atoms with E-state index in [9.17, 15) is 9.59 Å². The summed E-state index contributed by atoms with van der Waals surface area (Å²) in [5.41, 5.74) is 3.21. The van der Waals surface area contributed by atoms with Gasteiger partial charge in [-0.05, 0) is 73.6 Å². The lowest BCUT2D eigenvalue weighted by molar-refractivity contribution is -0.118. The Labute approximate surface area is 218 Å². The Morgan fingerprint density at radius 3 is 2.58 bits per heavy atom. The fourth-order valence-electron chi connectivity index (χ4n) is 3.30. The lowest BCUT2D eigenvalue weighted by atomic mass is 10.2. The number of aliphatic imine (C=N–C) groups is 1. The van der Waals surface area contributed by atoms with Crippen LogP contribution in [0.4, 0.5) is 11.4 Å². The van der Waals surface area contributed by atoms with Gasteiger partial charge < -0.3 is 20.1 Å². The van der Waals surface area contributed by atoms with E-state index in [4.69, 9.17) is 21.1 Å². The standard InChI is InChI=1S/C27H24ClN3O4S/c1-3-34-22-14-18(13-21(28)25(22)35-16-24(32)29-19-7-5-4-6-8-19)15-23-26(33)31-27(36-23)30-20-11-9-17(2)10-12-20/h4-15H,3,16H2,1-2H3,(H,29,32)(H,30,31,33)/b23-15+. The molecule has 1 aliphatic rings. The number of benzene rings is 3. The fraction of sp³-hybridized carbons (Fsp3) is 0.148. The molecular weight excluding hydrogens is 498 g/mol. The van der Waals surface area contributed by atoms with Crippen molar-refractivity contribution in [3.63, 3.8) is 0 Å². The van der Waals surface area contributed by atoms with Gasteiger partial charge in [-0.25, -0.2) is 4.99 Å². The molecule has 1 aliphatic heterocycles. The molecular formula is C27H24ClN3O4S. The van der Waals surface area contributed by atoms with Crippen molar-refractivity contribution in [2.24, 2.45) is 4.99 Å². The summed E-state index contributed by atoms with van der Waals surface area (Å²) in [5, 5.41) is 6.29. The molecule has 2 N–H and O–H groups in total. The van der Waals surface area contributed by atoms with Gasteiger partial charge in [0.1, 0.15) is 0 Å². The number of amidine groups is 1. The van der Waals surface area contributed by atoms with Crippen LogP contribution in [0.1, 0.15) is 18.1 Å². The minimum atomic E-state index is -0.328. The predicted octanol–water partition coefficient (Wildman–Crippen LogP) is 5.96. The van der Waals surface area contributed by atoms with Crippen molar-refractivity contribution in [3.05, 3.63) is 87.8 Å². The second-order valence-corrected chi connectivity index (χ2v) is 9.22. The summed E-state index contributed by atoms with van der Waals surface area (Å²) in [4.78, 5) is 29.8. The summed E-state index contributed by atoms with van der Waals surface area (Å²) in [5.74, 6) is 0.0542. The van der Waals surface area contributed by atoms with Gasteiger partial charge >= 0.3 is 0 Å². The molecule has 3 aromatic carbocycles. The van der Waals surface area contributed by atoms with E-state index in [2.05, 4.69) is 15.6 Å². The van der Waals surface area contributed by atoms with Crippen LogP contribution in [-0.2, 0) is 9.59 Å². The van der Waals surface area contributed by atoms with Gasteiger partial charge in [-0.2, -0.15) is 0 Å². The SMILES string of the molecule is CCOc1cc(/C=C2/SC(=Nc3ccc(C)cc3)NC2=O)cc(Cl)c1OCC(=O)Nc1ccccc1. The summed E-state index contributed by atoms with van der Waals surface area (Å²) in [6.07, 6.45) is 1.71. The molecule has 0 aromatic heterocycles. The molecule has 4 rings (SSSR count). The van der Waals surface area contributed by atoms with Crippen molar-refractivity contribution in [1.29, 1.82) is 0 Å². The van der Waals surface area contributed by atoms with E-state index >= 15 is 0 Å². The van der Waals surface area contributed by atoms with E-state index in [1.807, 2.05) is 56.3 Å². The lowest BCUT2D eigenvalue weighted by Gasteiger charge is -2.14.